The van der Waals surface area contributed by atoms with Gasteiger partial charge in [0.2, 0.25) is 11.8 Å². The molecular formula is C30H60N4O2S. The maximum absolute atomic E-state index is 13.0. The van der Waals surface area contributed by atoms with Crippen LogP contribution in [0, 0.1) is 0 Å². The number of carbonyl (C=O) groups excluding carboxylic acids is 2. The van der Waals surface area contributed by atoms with Crippen molar-refractivity contribution in [2.45, 2.75) is 129 Å². The van der Waals surface area contributed by atoms with Gasteiger partial charge in [0, 0.05) is 25.8 Å². The van der Waals surface area contributed by atoms with Crippen molar-refractivity contribution in [3.8, 4) is 0 Å². The summed E-state index contributed by atoms with van der Waals surface area (Å²) in [6.07, 6.45) is 26.0. The molecule has 0 aromatic rings. The normalized spacial score (nSPS) is 12.2. The van der Waals surface area contributed by atoms with E-state index in [-0.39, 0.29) is 11.8 Å². The first-order chi connectivity index (χ1) is 18.1. The van der Waals surface area contributed by atoms with Gasteiger partial charge >= 0.3 is 0 Å². The molecule has 1 unspecified atom stereocenters. The lowest BCUT2D eigenvalue weighted by atomic mass is 10.1. The van der Waals surface area contributed by atoms with E-state index in [9.17, 15) is 9.59 Å². The zero-order valence-corrected chi connectivity index (χ0v) is 25.1. The van der Waals surface area contributed by atoms with E-state index in [1.54, 1.807) is 11.8 Å². The highest BCUT2D eigenvalue weighted by molar-refractivity contribution is 7.99. The first-order valence-electron chi connectivity index (χ1n) is 15.3. The van der Waals surface area contributed by atoms with E-state index in [1.807, 2.05) is 4.90 Å². The number of unbranched alkanes of at least 4 members (excludes halogenated alkanes) is 13. The summed E-state index contributed by atoms with van der Waals surface area (Å²) < 4.78 is 0. The van der Waals surface area contributed by atoms with Crippen molar-refractivity contribution in [3.63, 3.8) is 0 Å². The molecule has 0 saturated carbocycles. The summed E-state index contributed by atoms with van der Waals surface area (Å²) in [4.78, 5) is 26.5. The second-order valence-corrected chi connectivity index (χ2v) is 11.4. The average molecular weight is 541 g/mol. The lowest BCUT2D eigenvalue weighted by Crippen LogP contribution is -2.50. The summed E-state index contributed by atoms with van der Waals surface area (Å²) in [5.41, 5.74) is 11.3. The molecule has 0 aromatic heterocycles. The predicted molar refractivity (Wildman–Crippen MR) is 163 cm³/mol. The molecule has 7 heteroatoms. The molecule has 5 N–H and O–H groups in total. The van der Waals surface area contributed by atoms with Gasteiger partial charge in [-0.05, 0) is 63.8 Å². The molecule has 0 bridgehead atoms. The number of hydrogen-bond acceptors (Lipinski definition) is 5. The van der Waals surface area contributed by atoms with E-state index in [4.69, 9.17) is 11.5 Å². The molecule has 1 atom stereocenters. The van der Waals surface area contributed by atoms with Crippen LogP contribution in [0.25, 0.3) is 0 Å². The van der Waals surface area contributed by atoms with Gasteiger partial charge in [-0.15, -0.1) is 0 Å². The van der Waals surface area contributed by atoms with Crippen molar-refractivity contribution in [1.29, 1.82) is 0 Å². The van der Waals surface area contributed by atoms with Crippen LogP contribution in [0.1, 0.15) is 123 Å². The highest BCUT2D eigenvalue weighted by Gasteiger charge is 2.24. The Hall–Kier alpha value is -1.05. The Morgan fingerprint density at radius 2 is 1.24 bits per heavy atom. The lowest BCUT2D eigenvalue weighted by molar-refractivity contribution is -0.135. The number of carbonyl (C=O) groups is 2. The maximum atomic E-state index is 13.0. The van der Waals surface area contributed by atoms with Crippen molar-refractivity contribution in [1.82, 2.24) is 10.2 Å². The molecule has 0 rings (SSSR count). The minimum Gasteiger partial charge on any atom is -0.344 e. The number of rotatable bonds is 27. The van der Waals surface area contributed by atoms with Gasteiger partial charge in [0.15, 0.2) is 0 Å². The second-order valence-electron chi connectivity index (χ2n) is 10.2. The minimum absolute atomic E-state index is 0.0129. The monoisotopic (exact) mass is 540 g/mol. The van der Waals surface area contributed by atoms with E-state index in [2.05, 4.69) is 24.4 Å². The number of nitrogens with one attached hydrogen (secondary N) is 1. The molecule has 0 aliphatic rings. The van der Waals surface area contributed by atoms with Gasteiger partial charge in [-0.1, -0.05) is 83.3 Å². The Balaban J connectivity index is 3.86. The Kier molecular flexibility index (Phi) is 27.2. The largest absolute Gasteiger partial charge is 0.344 e. The molecule has 0 heterocycles. The first-order valence-corrected chi connectivity index (χ1v) is 16.4. The standard InChI is InChI=1S/C30H60N4O2S/c1-3-4-5-6-7-8-9-10-11-12-13-14-15-16-17-18-19-26-37-27-29(33-28(2)35)30(36)34(24-20-22-31)25-21-23-32/h11-12,29H,3-10,13-27,31-32H2,1-2H3,(H,33,35)/b12-11-. The Morgan fingerprint density at radius 1 is 0.757 bits per heavy atom. The van der Waals surface area contributed by atoms with Crippen LogP contribution in [0.3, 0.4) is 0 Å². The molecule has 0 saturated heterocycles. The highest BCUT2D eigenvalue weighted by atomic mass is 32.2. The summed E-state index contributed by atoms with van der Waals surface area (Å²) in [5.74, 6) is 1.46. The van der Waals surface area contributed by atoms with Crippen molar-refractivity contribution >= 4 is 23.6 Å². The van der Waals surface area contributed by atoms with E-state index in [0.717, 1.165) is 25.0 Å². The third-order valence-corrected chi connectivity index (χ3v) is 7.73. The maximum Gasteiger partial charge on any atom is 0.246 e. The molecular weight excluding hydrogens is 480 g/mol. The van der Waals surface area contributed by atoms with Gasteiger partial charge in [-0.3, -0.25) is 9.59 Å². The quantitative estimate of drug-likeness (QED) is 0.0853. The number of allylic oxidation sites excluding steroid dienone is 2. The van der Waals surface area contributed by atoms with E-state index in [1.165, 1.54) is 96.8 Å². The van der Waals surface area contributed by atoms with Crippen molar-refractivity contribution < 1.29 is 9.59 Å². The van der Waals surface area contributed by atoms with Gasteiger partial charge < -0.3 is 21.7 Å². The number of nitrogens with two attached hydrogens (primary N) is 2. The number of thioether (sulfide) groups is 1. The molecule has 0 aliphatic carbocycles. The fraction of sp³-hybridized carbons (Fsp3) is 0.867. The van der Waals surface area contributed by atoms with Crippen LogP contribution in [-0.2, 0) is 9.59 Å². The second kappa shape index (κ2) is 28.0. The fourth-order valence-electron chi connectivity index (χ4n) is 4.37. The van der Waals surface area contributed by atoms with Crippen LogP contribution in [0.4, 0.5) is 0 Å². The van der Waals surface area contributed by atoms with E-state index in [0.29, 0.717) is 31.9 Å². The fourth-order valence-corrected chi connectivity index (χ4v) is 5.40. The van der Waals surface area contributed by atoms with Gasteiger partial charge in [-0.25, -0.2) is 0 Å². The Morgan fingerprint density at radius 3 is 1.73 bits per heavy atom. The van der Waals surface area contributed by atoms with Crippen LogP contribution < -0.4 is 16.8 Å². The van der Waals surface area contributed by atoms with Gasteiger partial charge in [0.25, 0.3) is 0 Å². The lowest BCUT2D eigenvalue weighted by Gasteiger charge is -2.27. The minimum atomic E-state index is -0.475. The third-order valence-electron chi connectivity index (χ3n) is 6.59. The number of amides is 2. The highest BCUT2D eigenvalue weighted by Crippen LogP contribution is 2.14. The van der Waals surface area contributed by atoms with Crippen LogP contribution in [-0.4, -0.2) is 60.4 Å². The summed E-state index contributed by atoms with van der Waals surface area (Å²) in [6, 6.07) is -0.475. The summed E-state index contributed by atoms with van der Waals surface area (Å²) in [5, 5.41) is 2.85. The Bertz CT molecular complexity index is 552. The molecule has 0 aromatic carbocycles. The Labute approximate surface area is 233 Å². The van der Waals surface area contributed by atoms with Crippen LogP contribution in [0.15, 0.2) is 12.2 Å². The molecule has 0 spiro atoms. The topological polar surface area (TPSA) is 101 Å². The van der Waals surface area contributed by atoms with Crippen molar-refractivity contribution in [3.05, 3.63) is 12.2 Å². The molecule has 0 radical (unpaired) electrons. The van der Waals surface area contributed by atoms with Crippen molar-refractivity contribution in [2.24, 2.45) is 11.5 Å². The van der Waals surface area contributed by atoms with Gasteiger partial charge in [0.1, 0.15) is 6.04 Å². The molecule has 0 aliphatic heterocycles. The number of nitrogens with zero attached hydrogens (tertiary/aromatic N) is 1. The summed E-state index contributed by atoms with van der Waals surface area (Å²) in [6.45, 7) is 6.07. The molecule has 2 amide bonds. The van der Waals surface area contributed by atoms with E-state index >= 15 is 0 Å². The molecule has 6 nitrogen and oxygen atoms in total. The van der Waals surface area contributed by atoms with Gasteiger partial charge in [0.05, 0.1) is 0 Å². The average Bonchev–Trinajstić information content (AvgIpc) is 2.88. The van der Waals surface area contributed by atoms with Crippen LogP contribution >= 0.6 is 11.8 Å². The molecule has 0 fully saturated rings. The summed E-state index contributed by atoms with van der Waals surface area (Å²) >= 11 is 1.76. The van der Waals surface area contributed by atoms with Crippen LogP contribution in [0.5, 0.6) is 0 Å². The zero-order valence-electron chi connectivity index (χ0n) is 24.3. The SMILES string of the molecule is CCCCCCCCC/C=C\CCCCCCCCSCC(NC(C)=O)C(=O)N(CCCN)CCCN. The molecule has 37 heavy (non-hydrogen) atoms. The first kappa shape index (κ1) is 35.9. The molecule has 218 valence electrons. The van der Waals surface area contributed by atoms with E-state index < -0.39 is 6.04 Å². The van der Waals surface area contributed by atoms with Crippen LogP contribution in [0.2, 0.25) is 0 Å². The van der Waals surface area contributed by atoms with Gasteiger partial charge in [-0.2, -0.15) is 11.8 Å². The zero-order chi connectivity index (χ0) is 27.4. The smallest absolute Gasteiger partial charge is 0.246 e. The predicted octanol–water partition coefficient (Wildman–Crippen LogP) is 6.18. The third kappa shape index (κ3) is 23.8. The number of hydrogen-bond donors (Lipinski definition) is 3. The summed E-state index contributed by atoms with van der Waals surface area (Å²) in [7, 11) is 0. The van der Waals surface area contributed by atoms with Crippen molar-refractivity contribution in [2.75, 3.05) is 37.7 Å².